The molecule has 4 aliphatic carbocycles. The van der Waals surface area contributed by atoms with Crippen molar-refractivity contribution >= 4 is 41.8 Å². The van der Waals surface area contributed by atoms with Crippen molar-refractivity contribution in [3.8, 4) is 0 Å². The molecule has 0 heterocycles. The predicted octanol–water partition coefficient (Wildman–Crippen LogP) is 3.30. The van der Waals surface area contributed by atoms with Gasteiger partial charge in [-0.2, -0.15) is 8.42 Å². The number of rotatable bonds is 9. The maximum Gasteiger partial charge on any atom is 0.308 e. The molecule has 6 unspecified atom stereocenters. The molecule has 4 saturated carbocycles. The van der Waals surface area contributed by atoms with Crippen LogP contribution in [0.25, 0.3) is 0 Å². The molecule has 248 valence electrons. The Bertz CT molecular complexity index is 1040. The number of hydrogen-bond donors (Lipinski definition) is 2. The summed E-state index contributed by atoms with van der Waals surface area (Å²) in [6.07, 6.45) is 4.19. The summed E-state index contributed by atoms with van der Waals surface area (Å²) < 4.78 is 58.5. The van der Waals surface area contributed by atoms with E-state index in [1.54, 1.807) is 0 Å². The Hall–Kier alpha value is -0.990. The Balaban J connectivity index is 0.000000311. The van der Waals surface area contributed by atoms with E-state index < -0.39 is 19.2 Å². The molecule has 0 spiro atoms. The Kier molecular flexibility index (Phi) is 15.7. The van der Waals surface area contributed by atoms with Gasteiger partial charge in [-0.25, -0.2) is 8.42 Å². The van der Waals surface area contributed by atoms with Crippen LogP contribution in [-0.4, -0.2) is 95.3 Å². The standard InChI is InChI=1S/C11H18O5S.C10H16O3.C6H15N.CH3ClO2S/c1-6(11(12)16-2)10-8-3-7(4-9(8)10)5-17(13,14)15;1-5(10(12)13-2)9-7-3-6(11)4-8(7)9;1-4-7(5-2)6-3;1-5(2,3)4/h6-10H,3-5H2,1-2H3,(H,13,14,15);5-9,11H,3-4H2,1-2H3;4-6H2,1-3H3;1H3/t6?,7?,8-,9+,10?;5?,6?,7-,8+,9?;;. The fourth-order valence-corrected chi connectivity index (χ4v) is 8.01. The topological polar surface area (TPSA) is 165 Å². The molecule has 0 aliphatic heterocycles. The first-order valence-corrected chi connectivity index (χ1v) is 19.1. The average Bonchev–Trinajstić information content (AvgIpc) is 3.62. The minimum Gasteiger partial charge on any atom is -0.469 e. The van der Waals surface area contributed by atoms with Crippen molar-refractivity contribution in [2.24, 2.45) is 53.3 Å². The molecular weight excluding hydrogens is 610 g/mol. The van der Waals surface area contributed by atoms with Gasteiger partial charge >= 0.3 is 11.9 Å². The highest BCUT2D eigenvalue weighted by Gasteiger charge is 2.60. The first-order chi connectivity index (χ1) is 19.3. The third-order valence-electron chi connectivity index (χ3n) is 9.18. The molecule has 0 aromatic heterocycles. The molecule has 11 nitrogen and oxygen atoms in total. The maximum atomic E-state index is 11.4. The van der Waals surface area contributed by atoms with Crippen molar-refractivity contribution < 1.29 is 45.6 Å². The normalized spacial score (nSPS) is 31.8. The Morgan fingerprint density at radius 2 is 1.12 bits per heavy atom. The number of aliphatic hydroxyl groups excluding tert-OH is 1. The molecule has 0 bridgehead atoms. The van der Waals surface area contributed by atoms with Gasteiger partial charge < -0.3 is 19.5 Å². The van der Waals surface area contributed by atoms with E-state index in [0.29, 0.717) is 35.5 Å². The molecule has 2 N–H and O–H groups in total. The summed E-state index contributed by atoms with van der Waals surface area (Å²) in [5, 5.41) is 9.31. The molecule has 14 heteroatoms. The van der Waals surface area contributed by atoms with Crippen LogP contribution in [0.1, 0.15) is 60.3 Å². The summed E-state index contributed by atoms with van der Waals surface area (Å²) in [6.45, 7) is 13.9. The number of halogens is 1. The molecule has 0 aromatic carbocycles. The van der Waals surface area contributed by atoms with Crippen molar-refractivity contribution in [3.05, 3.63) is 0 Å². The van der Waals surface area contributed by atoms with Crippen molar-refractivity contribution in [2.45, 2.75) is 66.4 Å². The van der Waals surface area contributed by atoms with E-state index in [1.165, 1.54) is 33.9 Å². The van der Waals surface area contributed by atoms with Crippen LogP contribution in [0.4, 0.5) is 0 Å². The first kappa shape index (κ1) is 39.0. The highest BCUT2D eigenvalue weighted by molar-refractivity contribution is 8.13. The lowest BCUT2D eigenvalue weighted by atomic mass is 9.94. The largest absolute Gasteiger partial charge is 0.469 e. The SMILES string of the molecule is CCN(CC)CC.COC(=O)C(C)C1[C@H]2CC(CS(=O)(=O)O)C[C@@H]12.COC(=O)C(C)C1[C@H]2CC(O)C[C@@H]12.CS(=O)(=O)Cl. The fraction of sp³-hybridized carbons (Fsp3) is 0.929. The second-order valence-corrected chi connectivity index (χ2v) is 16.5. The van der Waals surface area contributed by atoms with Crippen molar-refractivity contribution in [1.29, 1.82) is 0 Å². The summed E-state index contributed by atoms with van der Waals surface area (Å²) in [4.78, 5) is 25.0. The van der Waals surface area contributed by atoms with Gasteiger partial charge in [-0.3, -0.25) is 14.1 Å². The van der Waals surface area contributed by atoms with Crippen LogP contribution in [-0.2, 0) is 38.2 Å². The molecule has 4 fully saturated rings. The molecule has 4 rings (SSSR count). The lowest BCUT2D eigenvalue weighted by Crippen LogP contribution is -2.21. The number of methoxy groups -OCH3 is 2. The van der Waals surface area contributed by atoms with Gasteiger partial charge in [0.15, 0.2) is 0 Å². The second-order valence-electron chi connectivity index (χ2n) is 11.9. The van der Waals surface area contributed by atoms with Gasteiger partial charge in [-0.1, -0.05) is 34.6 Å². The maximum absolute atomic E-state index is 11.4. The predicted molar refractivity (Wildman–Crippen MR) is 162 cm³/mol. The third-order valence-corrected chi connectivity index (χ3v) is 10.1. The smallest absolute Gasteiger partial charge is 0.308 e. The summed E-state index contributed by atoms with van der Waals surface area (Å²) >= 11 is 0. The van der Waals surface area contributed by atoms with Gasteiger partial charge in [-0.15, -0.1) is 0 Å². The summed E-state index contributed by atoms with van der Waals surface area (Å²) in [5.41, 5.74) is 0. The summed E-state index contributed by atoms with van der Waals surface area (Å²) in [5.74, 6) is 2.44. The zero-order valence-electron chi connectivity index (χ0n) is 26.2. The number of esters is 2. The van der Waals surface area contributed by atoms with Crippen LogP contribution in [0.3, 0.4) is 0 Å². The van der Waals surface area contributed by atoms with E-state index in [-0.39, 0.29) is 41.5 Å². The molecule has 0 aromatic rings. The van der Waals surface area contributed by atoms with Crippen LogP contribution in [0.15, 0.2) is 0 Å². The van der Waals surface area contributed by atoms with Crippen molar-refractivity contribution in [3.63, 3.8) is 0 Å². The summed E-state index contributed by atoms with van der Waals surface area (Å²) in [7, 11) is 0.270. The van der Waals surface area contributed by atoms with E-state index in [4.69, 9.17) is 14.0 Å². The number of hydrogen-bond acceptors (Lipinski definition) is 10. The monoisotopic (exact) mass is 661 g/mol. The highest BCUT2D eigenvalue weighted by atomic mass is 35.7. The second kappa shape index (κ2) is 16.9. The van der Waals surface area contributed by atoms with Crippen molar-refractivity contribution in [2.75, 3.05) is 45.9 Å². The third kappa shape index (κ3) is 12.9. The lowest BCUT2D eigenvalue weighted by Gasteiger charge is -2.15. The number of aliphatic hydroxyl groups is 1. The van der Waals surface area contributed by atoms with Gasteiger partial charge in [0.05, 0.1) is 44.2 Å². The van der Waals surface area contributed by atoms with Crippen LogP contribution in [0.5, 0.6) is 0 Å². The highest BCUT2D eigenvalue weighted by Crippen LogP contribution is 2.63. The van der Waals surface area contributed by atoms with Crippen LogP contribution >= 0.6 is 10.7 Å². The summed E-state index contributed by atoms with van der Waals surface area (Å²) in [6, 6.07) is 0. The van der Waals surface area contributed by atoms with Gasteiger partial charge in [0.1, 0.15) is 0 Å². The van der Waals surface area contributed by atoms with E-state index >= 15 is 0 Å². The van der Waals surface area contributed by atoms with E-state index in [0.717, 1.165) is 31.9 Å². The molecule has 0 radical (unpaired) electrons. The van der Waals surface area contributed by atoms with Gasteiger partial charge in [0.2, 0.25) is 9.05 Å². The lowest BCUT2D eigenvalue weighted by molar-refractivity contribution is -0.146. The Morgan fingerprint density at radius 1 is 0.810 bits per heavy atom. The number of carbonyl (C=O) groups is 2. The molecule has 0 saturated heterocycles. The average molecular weight is 662 g/mol. The number of ether oxygens (including phenoxy) is 2. The molecule has 42 heavy (non-hydrogen) atoms. The number of carbonyl (C=O) groups excluding carboxylic acids is 2. The van der Waals surface area contributed by atoms with Gasteiger partial charge in [-0.05, 0) is 86.7 Å². The Labute approximate surface area is 257 Å². The quantitative estimate of drug-likeness (QED) is 0.212. The molecule has 4 aliphatic rings. The molecule has 10 atom stereocenters. The number of nitrogens with zero attached hydrogens (tertiary/aromatic N) is 1. The fourth-order valence-electron chi connectivity index (χ4n) is 7.14. The molecule has 0 amide bonds. The van der Waals surface area contributed by atoms with Gasteiger partial charge in [0, 0.05) is 10.7 Å². The zero-order chi connectivity index (χ0) is 32.6. The van der Waals surface area contributed by atoms with Crippen LogP contribution < -0.4 is 0 Å². The zero-order valence-corrected chi connectivity index (χ0v) is 28.6. The number of fused-ring (bicyclic) bond motifs is 2. The van der Waals surface area contributed by atoms with Crippen molar-refractivity contribution in [1.82, 2.24) is 4.90 Å². The van der Waals surface area contributed by atoms with E-state index in [1.807, 2.05) is 13.8 Å². The first-order valence-electron chi connectivity index (χ1n) is 14.7. The minimum absolute atomic E-state index is 0.0208. The Morgan fingerprint density at radius 3 is 1.36 bits per heavy atom. The van der Waals surface area contributed by atoms with Gasteiger partial charge in [0.25, 0.3) is 10.1 Å². The van der Waals surface area contributed by atoms with Crippen LogP contribution in [0, 0.1) is 53.3 Å². The van der Waals surface area contributed by atoms with Crippen LogP contribution in [0.2, 0.25) is 0 Å². The van der Waals surface area contributed by atoms with E-state index in [2.05, 4.69) is 36.4 Å². The molecular formula is C28H52ClNO10S2. The minimum atomic E-state index is -3.86. The van der Waals surface area contributed by atoms with E-state index in [9.17, 15) is 31.5 Å².